The van der Waals surface area contributed by atoms with E-state index >= 15 is 4.79 Å². The van der Waals surface area contributed by atoms with E-state index in [1.165, 1.54) is 9.80 Å². The Kier molecular flexibility index (Phi) is 8.68. The monoisotopic (exact) mass is 834 g/mol. The van der Waals surface area contributed by atoms with Gasteiger partial charge in [-0.3, -0.25) is 33.6 Å². The van der Waals surface area contributed by atoms with E-state index in [1.807, 2.05) is 43.3 Å². The van der Waals surface area contributed by atoms with Gasteiger partial charge in [0.1, 0.15) is 17.3 Å². The van der Waals surface area contributed by atoms with E-state index in [-0.39, 0.29) is 36.2 Å². The number of aryl methyl sites for hydroxylation is 3. The summed E-state index contributed by atoms with van der Waals surface area (Å²) in [5, 5.41) is 18.1. The van der Waals surface area contributed by atoms with E-state index in [0.29, 0.717) is 44.5 Å². The molecule has 4 amide bonds. The Bertz CT molecular complexity index is 2900. The molecule has 2 aliphatic carbocycles. The van der Waals surface area contributed by atoms with Gasteiger partial charge in [-0.05, 0) is 98.5 Å². The Morgan fingerprint density at radius 3 is 2.33 bits per heavy atom. The van der Waals surface area contributed by atoms with Gasteiger partial charge in [0, 0.05) is 45.4 Å². The van der Waals surface area contributed by atoms with Gasteiger partial charge < -0.3 is 5.11 Å². The smallest absolute Gasteiger partial charge is 0.242 e. The van der Waals surface area contributed by atoms with Crippen LogP contribution in [0, 0.1) is 42.9 Å². The summed E-state index contributed by atoms with van der Waals surface area (Å²) in [5.74, 6) is -5.11. The van der Waals surface area contributed by atoms with Crippen molar-refractivity contribution in [2.24, 2.45) is 36.1 Å². The zero-order valence-electron chi connectivity index (χ0n) is 33.2. The predicted molar refractivity (Wildman–Crippen MR) is 230 cm³/mol. The number of amides is 4. The largest absolute Gasteiger partial charge is 0.507 e. The summed E-state index contributed by atoms with van der Waals surface area (Å²) >= 11 is 7.89. The fourth-order valence-corrected chi connectivity index (χ4v) is 11.8. The zero-order chi connectivity index (χ0) is 41.9. The van der Waals surface area contributed by atoms with Crippen molar-refractivity contribution in [2.45, 2.75) is 39.5 Å². The summed E-state index contributed by atoms with van der Waals surface area (Å²) in [6.07, 6.45) is 2.38. The molecule has 10 rings (SSSR count). The lowest BCUT2D eigenvalue weighted by atomic mass is 9.51. The number of halogens is 1. The first kappa shape index (κ1) is 38.1. The SMILES string of the molecule is Cc1cccc([C@H]2C3=CC[C@@H]4C(=O)N(c5ccc(C(=O)c6ccccc6)cc5)C(=O)[C@@H]4[C@@H]3C[C@H]3C(=O)N(c4cc(-c5sc6ccc(Cl)cc6c5C)nn4C)C(=O)[C@@]23C)c1O. The van der Waals surface area contributed by atoms with Gasteiger partial charge in [0.25, 0.3) is 0 Å². The molecule has 300 valence electrons. The van der Waals surface area contributed by atoms with Crippen LogP contribution in [-0.2, 0) is 26.2 Å². The van der Waals surface area contributed by atoms with Crippen molar-refractivity contribution in [3.63, 3.8) is 0 Å². The number of ketones is 1. The van der Waals surface area contributed by atoms with Crippen LogP contribution in [0.1, 0.15) is 58.3 Å². The topological polar surface area (TPSA) is 130 Å². The number of aromatic hydroxyl groups is 1. The number of benzene rings is 4. The molecular weight excluding hydrogens is 796 g/mol. The quantitative estimate of drug-likeness (QED) is 0.101. The molecule has 1 N–H and O–H groups in total. The molecule has 0 unspecified atom stereocenters. The van der Waals surface area contributed by atoms with Crippen molar-refractivity contribution in [3.8, 4) is 16.3 Å². The van der Waals surface area contributed by atoms with Crippen molar-refractivity contribution in [2.75, 3.05) is 9.80 Å². The maximum atomic E-state index is 15.2. The molecule has 0 radical (unpaired) electrons. The van der Waals surface area contributed by atoms with Crippen LogP contribution in [-0.4, -0.2) is 44.3 Å². The Balaban J connectivity index is 1.03. The van der Waals surface area contributed by atoms with Crippen molar-refractivity contribution >= 4 is 73.9 Å². The molecule has 4 aromatic carbocycles. The van der Waals surface area contributed by atoms with Crippen molar-refractivity contribution in [1.29, 1.82) is 0 Å². The first-order chi connectivity index (χ1) is 28.8. The van der Waals surface area contributed by atoms with Gasteiger partial charge in [0.05, 0.1) is 33.7 Å². The van der Waals surface area contributed by atoms with E-state index in [4.69, 9.17) is 16.7 Å². The Morgan fingerprint density at radius 2 is 1.58 bits per heavy atom. The van der Waals surface area contributed by atoms with Crippen LogP contribution in [0.3, 0.4) is 0 Å². The molecule has 6 aromatic rings. The molecule has 3 fully saturated rings. The normalized spacial score (nSPS) is 24.8. The van der Waals surface area contributed by atoms with Gasteiger partial charge in [0.2, 0.25) is 23.6 Å². The number of imide groups is 2. The molecule has 1 saturated carbocycles. The number of hydrogen-bond donors (Lipinski definition) is 1. The van der Waals surface area contributed by atoms with Crippen LogP contribution in [0.4, 0.5) is 11.5 Å². The molecule has 12 heteroatoms. The van der Waals surface area contributed by atoms with Crippen molar-refractivity contribution in [3.05, 3.63) is 142 Å². The molecule has 4 aliphatic rings. The average molecular weight is 835 g/mol. The number of carbonyl (C=O) groups excluding carboxylic acids is 5. The highest BCUT2D eigenvalue weighted by Gasteiger charge is 2.68. The highest BCUT2D eigenvalue weighted by molar-refractivity contribution is 7.22. The summed E-state index contributed by atoms with van der Waals surface area (Å²) in [7, 11) is 1.71. The van der Waals surface area contributed by atoms with Gasteiger partial charge >= 0.3 is 0 Å². The van der Waals surface area contributed by atoms with Crippen LogP contribution in [0.15, 0.2) is 109 Å². The van der Waals surface area contributed by atoms with E-state index in [2.05, 4.69) is 0 Å². The maximum absolute atomic E-state index is 15.2. The Hall–Kier alpha value is -6.17. The maximum Gasteiger partial charge on any atom is 0.242 e. The fourth-order valence-electron chi connectivity index (χ4n) is 10.5. The van der Waals surface area contributed by atoms with Gasteiger partial charge in [-0.15, -0.1) is 11.3 Å². The summed E-state index contributed by atoms with van der Waals surface area (Å²) in [4.78, 5) is 75.6. The molecule has 6 atom stereocenters. The summed E-state index contributed by atoms with van der Waals surface area (Å²) in [5.41, 5.74) is 3.46. The third-order valence-corrected chi connectivity index (χ3v) is 15.0. The number of phenolic OH excluding ortho intramolecular Hbond substituents is 1. The number of carbonyl (C=O) groups is 5. The molecule has 0 spiro atoms. The van der Waals surface area contributed by atoms with Crippen LogP contribution >= 0.6 is 22.9 Å². The third kappa shape index (κ3) is 5.38. The van der Waals surface area contributed by atoms with Gasteiger partial charge in [-0.1, -0.05) is 71.8 Å². The molecule has 0 bridgehead atoms. The highest BCUT2D eigenvalue weighted by Crippen LogP contribution is 2.64. The summed E-state index contributed by atoms with van der Waals surface area (Å²) < 4.78 is 2.59. The minimum atomic E-state index is -1.35. The number of thiophene rings is 1. The van der Waals surface area contributed by atoms with Crippen LogP contribution in [0.25, 0.3) is 20.7 Å². The van der Waals surface area contributed by atoms with Crippen molar-refractivity contribution in [1.82, 2.24) is 9.78 Å². The number of allylic oxidation sites excluding steroid dienone is 2. The van der Waals surface area contributed by atoms with E-state index in [0.717, 1.165) is 26.1 Å². The first-order valence-corrected chi connectivity index (χ1v) is 21.2. The Morgan fingerprint density at radius 1 is 0.850 bits per heavy atom. The molecule has 2 aromatic heterocycles. The Labute approximate surface area is 354 Å². The number of para-hydroxylation sites is 1. The molecule has 60 heavy (non-hydrogen) atoms. The average Bonchev–Trinajstić information content (AvgIpc) is 3.92. The summed E-state index contributed by atoms with van der Waals surface area (Å²) in [6, 6.07) is 28.3. The minimum Gasteiger partial charge on any atom is -0.507 e. The fraction of sp³-hybridized carbons (Fsp3) is 0.250. The number of nitrogens with zero attached hydrogens (tertiary/aromatic N) is 4. The molecular formula is C48H39ClN4O6S. The second-order valence-corrected chi connectivity index (χ2v) is 18.1. The number of fused-ring (bicyclic) bond motifs is 5. The van der Waals surface area contributed by atoms with Crippen LogP contribution < -0.4 is 9.80 Å². The first-order valence-electron chi connectivity index (χ1n) is 20.0. The second-order valence-electron chi connectivity index (χ2n) is 16.6. The van der Waals surface area contributed by atoms with Crippen LogP contribution in [0.5, 0.6) is 5.75 Å². The standard InChI is InChI=1S/C48H39ClN4O6S/c1-24-9-8-12-32(41(24)54)40-30-18-19-31-39(46(58)52(44(31)56)29-16-13-27(14-17-29)42(55)26-10-6-5-7-11-26)34(30)22-35-45(57)53(47(59)48(35,40)3)38-23-36(50-51(38)4)43-25(2)33-21-28(49)15-20-37(33)60-43/h5-18,20-21,23,31,34-35,39-40,54H,19,22H2,1-4H3/t31-,34+,35-,39-,40+,48+/m0/s1. The second kappa shape index (κ2) is 13.7. The van der Waals surface area contributed by atoms with Crippen LogP contribution in [0.2, 0.25) is 5.02 Å². The van der Waals surface area contributed by atoms with E-state index in [9.17, 15) is 24.3 Å². The zero-order valence-corrected chi connectivity index (χ0v) is 34.8. The third-order valence-electron chi connectivity index (χ3n) is 13.5. The number of hydrogen-bond acceptors (Lipinski definition) is 8. The van der Waals surface area contributed by atoms with Gasteiger partial charge in [-0.25, -0.2) is 4.90 Å². The lowest BCUT2D eigenvalue weighted by Gasteiger charge is -2.49. The number of rotatable bonds is 6. The lowest BCUT2D eigenvalue weighted by Crippen LogP contribution is -2.49. The van der Waals surface area contributed by atoms with E-state index in [1.54, 1.807) is 104 Å². The molecule has 2 saturated heterocycles. The summed E-state index contributed by atoms with van der Waals surface area (Å²) in [6.45, 7) is 5.59. The van der Waals surface area contributed by atoms with E-state index < -0.39 is 46.8 Å². The number of anilines is 2. The molecule has 2 aliphatic heterocycles. The van der Waals surface area contributed by atoms with Gasteiger partial charge in [-0.2, -0.15) is 5.10 Å². The minimum absolute atomic E-state index is 0.0219. The number of phenols is 1. The van der Waals surface area contributed by atoms with Gasteiger partial charge in [0.15, 0.2) is 5.78 Å². The molecule has 10 nitrogen and oxygen atoms in total. The molecule has 4 heterocycles. The number of aromatic nitrogens is 2. The lowest BCUT2D eigenvalue weighted by molar-refractivity contribution is -0.131. The van der Waals surface area contributed by atoms with Crippen molar-refractivity contribution < 1.29 is 29.1 Å². The highest BCUT2D eigenvalue weighted by atomic mass is 35.5. The predicted octanol–water partition coefficient (Wildman–Crippen LogP) is 8.94.